The molecule has 0 radical (unpaired) electrons. The summed E-state index contributed by atoms with van der Waals surface area (Å²) in [5, 5.41) is 10.00. The van der Waals surface area contributed by atoms with Crippen LogP contribution >= 0.6 is 11.6 Å². The van der Waals surface area contributed by atoms with Crippen LogP contribution in [-0.4, -0.2) is 14.5 Å². The van der Waals surface area contributed by atoms with Crippen LogP contribution in [0.3, 0.4) is 0 Å². The first kappa shape index (κ1) is 13.6. The van der Waals surface area contributed by atoms with Crippen LogP contribution in [-0.2, 0) is 0 Å². The normalized spacial score (nSPS) is 11.0. The number of hydrogen-bond acceptors (Lipinski definition) is 4. The van der Waals surface area contributed by atoms with Gasteiger partial charge in [0.1, 0.15) is 23.0 Å². The first-order valence-corrected chi connectivity index (χ1v) is 7.30. The quantitative estimate of drug-likeness (QED) is 0.580. The summed E-state index contributed by atoms with van der Waals surface area (Å²) in [6, 6.07) is 16.9. The number of rotatable bonds is 1. The highest BCUT2D eigenvalue weighted by Gasteiger charge is 2.20. The van der Waals surface area contributed by atoms with Crippen molar-refractivity contribution < 1.29 is 0 Å². The molecule has 4 aromatic rings. The van der Waals surface area contributed by atoms with Gasteiger partial charge in [0, 0.05) is 0 Å². The molecule has 2 heterocycles. The van der Waals surface area contributed by atoms with Gasteiger partial charge in [0.15, 0.2) is 5.65 Å². The molecule has 0 fully saturated rings. The van der Waals surface area contributed by atoms with Crippen molar-refractivity contribution in [1.29, 1.82) is 5.26 Å². The third kappa shape index (κ3) is 1.93. The first-order chi connectivity index (χ1) is 11.2. The number of aromatic nitrogens is 3. The van der Waals surface area contributed by atoms with Gasteiger partial charge in [-0.05, 0) is 24.3 Å². The number of fused-ring (bicyclic) bond motifs is 2. The summed E-state index contributed by atoms with van der Waals surface area (Å²) in [4.78, 5) is 9.19. The van der Waals surface area contributed by atoms with Gasteiger partial charge in [-0.2, -0.15) is 5.26 Å². The van der Waals surface area contributed by atoms with E-state index in [-0.39, 0.29) is 5.82 Å². The predicted molar refractivity (Wildman–Crippen MR) is 90.5 cm³/mol. The van der Waals surface area contributed by atoms with Gasteiger partial charge in [0.25, 0.3) is 0 Å². The van der Waals surface area contributed by atoms with Gasteiger partial charge in [-0.3, -0.25) is 4.57 Å². The Kier molecular flexibility index (Phi) is 2.93. The van der Waals surface area contributed by atoms with Crippen LogP contribution in [0, 0.1) is 11.3 Å². The number of nitriles is 1. The Morgan fingerprint density at radius 2 is 1.65 bits per heavy atom. The fraction of sp³-hybridized carbons (Fsp3) is 0. The fourth-order valence-electron chi connectivity index (χ4n) is 2.65. The molecule has 0 saturated heterocycles. The van der Waals surface area contributed by atoms with Crippen LogP contribution in [0.4, 0.5) is 5.82 Å². The zero-order valence-electron chi connectivity index (χ0n) is 11.9. The average Bonchev–Trinajstić information content (AvgIpc) is 2.84. The monoisotopic (exact) mass is 319 g/mol. The maximum Gasteiger partial charge on any atom is 0.167 e. The van der Waals surface area contributed by atoms with E-state index >= 15 is 0 Å². The van der Waals surface area contributed by atoms with Crippen molar-refractivity contribution in [2.24, 2.45) is 0 Å². The fourth-order valence-corrected chi connectivity index (χ4v) is 2.87. The zero-order chi connectivity index (χ0) is 16.0. The van der Waals surface area contributed by atoms with Crippen molar-refractivity contribution in [2.75, 3.05) is 5.73 Å². The molecule has 0 aliphatic rings. The number of nitrogens with zero attached hydrogens (tertiary/aromatic N) is 4. The van der Waals surface area contributed by atoms with Gasteiger partial charge >= 0.3 is 0 Å². The summed E-state index contributed by atoms with van der Waals surface area (Å²) in [7, 11) is 0. The van der Waals surface area contributed by atoms with E-state index < -0.39 is 0 Å². The van der Waals surface area contributed by atoms with Crippen molar-refractivity contribution in [3.63, 3.8) is 0 Å². The van der Waals surface area contributed by atoms with Crippen LogP contribution in [0.2, 0.25) is 5.02 Å². The lowest BCUT2D eigenvalue weighted by molar-refractivity contribution is 1.11. The lowest BCUT2D eigenvalue weighted by Gasteiger charge is -2.09. The molecular weight excluding hydrogens is 310 g/mol. The number of nitrogens with two attached hydrogens (primary N) is 1. The SMILES string of the molecule is N#Cc1c(N)n(-c2ccccc2Cl)c2nc3ccccc3nc12. The number of nitrogen functional groups attached to an aromatic ring is 1. The molecule has 2 N–H and O–H groups in total. The van der Waals surface area contributed by atoms with Crippen LogP contribution < -0.4 is 5.73 Å². The lowest BCUT2D eigenvalue weighted by atomic mass is 10.2. The van der Waals surface area contributed by atoms with Gasteiger partial charge < -0.3 is 5.73 Å². The van der Waals surface area contributed by atoms with Crippen molar-refractivity contribution in [3.05, 3.63) is 59.1 Å². The molecule has 2 aromatic carbocycles. The molecule has 110 valence electrons. The number of para-hydroxylation sites is 3. The van der Waals surface area contributed by atoms with E-state index in [0.29, 0.717) is 33.0 Å². The maximum atomic E-state index is 9.47. The maximum absolute atomic E-state index is 9.47. The molecule has 0 unspecified atom stereocenters. The Labute approximate surface area is 136 Å². The summed E-state index contributed by atoms with van der Waals surface area (Å²) in [5.74, 6) is 0.283. The Hall–Kier alpha value is -3.10. The minimum absolute atomic E-state index is 0.283. The van der Waals surface area contributed by atoms with E-state index in [4.69, 9.17) is 17.3 Å². The number of anilines is 1. The number of hydrogen-bond donors (Lipinski definition) is 1. The second-order valence-corrected chi connectivity index (χ2v) is 5.45. The van der Waals surface area contributed by atoms with Gasteiger partial charge in [-0.15, -0.1) is 0 Å². The standard InChI is InChI=1S/C17H10ClN5/c18-11-5-1-4-8-14(11)23-16(20)10(9-19)15-17(23)22-13-7-3-2-6-12(13)21-15/h1-8H,20H2. The molecule has 0 bridgehead atoms. The molecular formula is C17H10ClN5. The molecule has 0 aliphatic heterocycles. The minimum atomic E-state index is 0.283. The Morgan fingerprint density at radius 3 is 2.35 bits per heavy atom. The zero-order valence-corrected chi connectivity index (χ0v) is 12.6. The van der Waals surface area contributed by atoms with Crippen molar-refractivity contribution in [1.82, 2.24) is 14.5 Å². The third-order valence-electron chi connectivity index (χ3n) is 3.70. The van der Waals surface area contributed by atoms with Gasteiger partial charge in [0.05, 0.1) is 21.7 Å². The number of halogens is 1. The molecule has 23 heavy (non-hydrogen) atoms. The largest absolute Gasteiger partial charge is 0.384 e. The van der Waals surface area contributed by atoms with E-state index in [0.717, 1.165) is 5.52 Å². The molecule has 6 heteroatoms. The van der Waals surface area contributed by atoms with E-state index in [2.05, 4.69) is 16.0 Å². The molecule has 0 spiro atoms. The second-order valence-electron chi connectivity index (χ2n) is 5.04. The molecule has 0 atom stereocenters. The highest BCUT2D eigenvalue weighted by molar-refractivity contribution is 6.32. The molecule has 0 aliphatic carbocycles. The number of benzene rings is 2. The van der Waals surface area contributed by atoms with Crippen LogP contribution in [0.5, 0.6) is 0 Å². The molecule has 4 rings (SSSR count). The van der Waals surface area contributed by atoms with Gasteiger partial charge in [0.2, 0.25) is 0 Å². The Morgan fingerprint density at radius 1 is 1.00 bits per heavy atom. The Balaban J connectivity index is 2.20. The predicted octanol–water partition coefficient (Wildman–Crippen LogP) is 3.68. The lowest BCUT2D eigenvalue weighted by Crippen LogP contribution is -2.02. The summed E-state index contributed by atoms with van der Waals surface area (Å²) in [6.45, 7) is 0. The van der Waals surface area contributed by atoms with Crippen molar-refractivity contribution >= 4 is 39.6 Å². The molecule has 0 saturated carbocycles. The van der Waals surface area contributed by atoms with Crippen LogP contribution in [0.1, 0.15) is 5.56 Å². The highest BCUT2D eigenvalue weighted by Crippen LogP contribution is 2.32. The summed E-state index contributed by atoms with van der Waals surface area (Å²) in [5.41, 5.74) is 9.61. The third-order valence-corrected chi connectivity index (χ3v) is 4.02. The summed E-state index contributed by atoms with van der Waals surface area (Å²) in [6.07, 6.45) is 0. The minimum Gasteiger partial charge on any atom is -0.384 e. The molecule has 2 aromatic heterocycles. The van der Waals surface area contributed by atoms with Crippen molar-refractivity contribution in [2.45, 2.75) is 0 Å². The van der Waals surface area contributed by atoms with E-state index in [1.807, 2.05) is 42.5 Å². The smallest absolute Gasteiger partial charge is 0.167 e. The second kappa shape index (κ2) is 4.97. The topological polar surface area (TPSA) is 80.5 Å². The molecule has 0 amide bonds. The summed E-state index contributed by atoms with van der Waals surface area (Å²) < 4.78 is 1.68. The first-order valence-electron chi connectivity index (χ1n) is 6.92. The van der Waals surface area contributed by atoms with E-state index in [1.54, 1.807) is 10.6 Å². The van der Waals surface area contributed by atoms with Crippen LogP contribution in [0.15, 0.2) is 48.5 Å². The van der Waals surface area contributed by atoms with Crippen LogP contribution in [0.25, 0.3) is 27.9 Å². The van der Waals surface area contributed by atoms with E-state index in [9.17, 15) is 5.26 Å². The molecule has 5 nitrogen and oxygen atoms in total. The van der Waals surface area contributed by atoms with E-state index in [1.165, 1.54) is 0 Å². The highest BCUT2D eigenvalue weighted by atomic mass is 35.5. The Bertz CT molecular complexity index is 1110. The van der Waals surface area contributed by atoms with Gasteiger partial charge in [-0.1, -0.05) is 35.9 Å². The summed E-state index contributed by atoms with van der Waals surface area (Å²) >= 11 is 6.29. The van der Waals surface area contributed by atoms with Crippen molar-refractivity contribution in [3.8, 4) is 11.8 Å². The van der Waals surface area contributed by atoms with Gasteiger partial charge in [-0.25, -0.2) is 9.97 Å². The average molecular weight is 320 g/mol.